The smallest absolute Gasteiger partial charge is 0.262 e. The highest BCUT2D eigenvalue weighted by Crippen LogP contribution is 2.13. The quantitative estimate of drug-likeness (QED) is 0.373. The van der Waals surface area contributed by atoms with Crippen LogP contribution in [0.4, 0.5) is 5.95 Å². The molecule has 136 valence electrons. The lowest BCUT2D eigenvalue weighted by atomic mass is 10.2. The summed E-state index contributed by atoms with van der Waals surface area (Å²) in [4.78, 5) is 18.6. The molecule has 0 radical (unpaired) electrons. The van der Waals surface area contributed by atoms with Gasteiger partial charge >= 0.3 is 0 Å². The Kier molecular flexibility index (Phi) is 6.14. The van der Waals surface area contributed by atoms with Gasteiger partial charge in [0.1, 0.15) is 0 Å². The molecule has 1 aromatic carbocycles. The normalized spacial score (nSPS) is 11.8. The zero-order chi connectivity index (χ0) is 18.4. The predicted octanol–water partition coefficient (Wildman–Crippen LogP) is 3.72. The molecule has 2 aromatic heterocycles. The number of rotatable bonds is 8. The number of hydrazone groups is 1. The minimum absolute atomic E-state index is 0.0708. The molecule has 0 aliphatic carbocycles. The van der Waals surface area contributed by atoms with Gasteiger partial charge in [-0.2, -0.15) is 5.10 Å². The lowest BCUT2D eigenvalue weighted by Gasteiger charge is -2.13. The van der Waals surface area contributed by atoms with Gasteiger partial charge in [0.05, 0.1) is 16.6 Å². The van der Waals surface area contributed by atoms with Gasteiger partial charge in [-0.3, -0.25) is 9.36 Å². The van der Waals surface area contributed by atoms with Gasteiger partial charge in [0.25, 0.3) is 5.56 Å². The number of nitrogens with one attached hydrogen (secondary N) is 1. The minimum Gasteiger partial charge on any atom is -0.382 e. The summed E-state index contributed by atoms with van der Waals surface area (Å²) in [5.74, 6) is 0.445. The SMILES string of the molecule is CCOCCCn1c(N/N=C(/C)c2cccs2)nc2ccccc2c1=O. The van der Waals surface area contributed by atoms with E-state index in [4.69, 9.17) is 4.74 Å². The number of fused-ring (bicyclic) bond motifs is 1. The summed E-state index contributed by atoms with van der Waals surface area (Å²) >= 11 is 1.62. The van der Waals surface area contributed by atoms with Crippen molar-refractivity contribution in [3.8, 4) is 0 Å². The molecule has 0 aliphatic heterocycles. The molecule has 26 heavy (non-hydrogen) atoms. The largest absolute Gasteiger partial charge is 0.382 e. The summed E-state index contributed by atoms with van der Waals surface area (Å²) in [5.41, 5.74) is 4.42. The van der Waals surface area contributed by atoms with E-state index in [9.17, 15) is 4.79 Å². The maximum atomic E-state index is 12.9. The Morgan fingerprint density at radius 2 is 2.15 bits per heavy atom. The van der Waals surface area contributed by atoms with Crippen molar-refractivity contribution in [2.24, 2.45) is 5.10 Å². The summed E-state index contributed by atoms with van der Waals surface area (Å²) < 4.78 is 7.02. The molecule has 3 rings (SSSR count). The number of ether oxygens (including phenoxy) is 1. The van der Waals surface area contributed by atoms with Crippen LogP contribution in [0.5, 0.6) is 0 Å². The molecule has 0 fully saturated rings. The van der Waals surface area contributed by atoms with Gasteiger partial charge in [0.15, 0.2) is 0 Å². The number of thiophene rings is 1. The lowest BCUT2D eigenvalue weighted by Crippen LogP contribution is -2.25. The zero-order valence-electron chi connectivity index (χ0n) is 14.9. The van der Waals surface area contributed by atoms with E-state index >= 15 is 0 Å². The van der Waals surface area contributed by atoms with Crippen molar-refractivity contribution in [2.45, 2.75) is 26.8 Å². The van der Waals surface area contributed by atoms with Gasteiger partial charge < -0.3 is 4.74 Å². The number of anilines is 1. The first kappa shape index (κ1) is 18.3. The minimum atomic E-state index is -0.0708. The molecule has 0 aliphatic rings. The van der Waals surface area contributed by atoms with Crippen molar-refractivity contribution in [3.63, 3.8) is 0 Å². The number of hydrogen-bond donors (Lipinski definition) is 1. The van der Waals surface area contributed by atoms with Crippen molar-refractivity contribution >= 4 is 33.9 Å². The number of benzene rings is 1. The third-order valence-electron chi connectivity index (χ3n) is 3.94. The second kappa shape index (κ2) is 8.73. The van der Waals surface area contributed by atoms with E-state index in [0.717, 1.165) is 17.0 Å². The molecule has 0 unspecified atom stereocenters. The maximum absolute atomic E-state index is 12.9. The number of aromatic nitrogens is 2. The van der Waals surface area contributed by atoms with Crippen LogP contribution in [0.15, 0.2) is 51.7 Å². The lowest BCUT2D eigenvalue weighted by molar-refractivity contribution is 0.141. The molecule has 3 aromatic rings. The topological polar surface area (TPSA) is 68.5 Å². The number of hydrogen-bond acceptors (Lipinski definition) is 6. The molecule has 7 heteroatoms. The van der Waals surface area contributed by atoms with Gasteiger partial charge in [0, 0.05) is 24.6 Å². The molecule has 1 N–H and O–H groups in total. The van der Waals surface area contributed by atoms with Crippen LogP contribution in [0.2, 0.25) is 0 Å². The first-order chi connectivity index (χ1) is 12.7. The molecular weight excluding hydrogens is 348 g/mol. The monoisotopic (exact) mass is 370 g/mol. The molecule has 2 heterocycles. The Morgan fingerprint density at radius 1 is 1.31 bits per heavy atom. The second-order valence-electron chi connectivity index (χ2n) is 5.75. The van der Waals surface area contributed by atoms with Crippen LogP contribution in [0.1, 0.15) is 25.1 Å². The van der Waals surface area contributed by atoms with Gasteiger partial charge in [-0.05, 0) is 43.8 Å². The van der Waals surface area contributed by atoms with Gasteiger partial charge in [0.2, 0.25) is 5.95 Å². The highest BCUT2D eigenvalue weighted by molar-refractivity contribution is 7.12. The number of para-hydroxylation sites is 1. The fraction of sp³-hybridized carbons (Fsp3) is 0.316. The van der Waals surface area contributed by atoms with Crippen LogP contribution in [-0.2, 0) is 11.3 Å². The van der Waals surface area contributed by atoms with Crippen molar-refractivity contribution in [1.29, 1.82) is 0 Å². The second-order valence-corrected chi connectivity index (χ2v) is 6.69. The molecule has 0 saturated carbocycles. The zero-order valence-corrected chi connectivity index (χ0v) is 15.8. The van der Waals surface area contributed by atoms with Crippen LogP contribution in [-0.4, -0.2) is 28.5 Å². The standard InChI is InChI=1S/C19H22N4O2S/c1-3-25-12-7-11-23-18(24)15-8-4-5-9-16(15)20-19(23)22-21-14(2)17-10-6-13-26-17/h4-6,8-10,13H,3,7,11-12H2,1-2H3,(H,20,22)/b21-14-. The third-order valence-corrected chi connectivity index (χ3v) is 4.92. The average Bonchev–Trinajstić information content (AvgIpc) is 3.20. The summed E-state index contributed by atoms with van der Waals surface area (Å²) in [6.07, 6.45) is 0.732. The van der Waals surface area contributed by atoms with Crippen molar-refractivity contribution in [1.82, 2.24) is 9.55 Å². The number of nitrogens with zero attached hydrogens (tertiary/aromatic N) is 3. The Bertz CT molecular complexity index is 948. The molecule has 0 bridgehead atoms. The van der Waals surface area contributed by atoms with Gasteiger partial charge in [-0.1, -0.05) is 18.2 Å². The fourth-order valence-corrected chi connectivity index (χ4v) is 3.28. The summed E-state index contributed by atoms with van der Waals surface area (Å²) in [6.45, 7) is 5.68. The summed E-state index contributed by atoms with van der Waals surface area (Å²) in [5, 5.41) is 7.02. The van der Waals surface area contributed by atoms with Gasteiger partial charge in [-0.25, -0.2) is 10.4 Å². The van der Waals surface area contributed by atoms with Crippen LogP contribution in [0, 0.1) is 0 Å². The summed E-state index contributed by atoms with van der Waals surface area (Å²) in [6, 6.07) is 11.3. The maximum Gasteiger partial charge on any atom is 0.262 e. The van der Waals surface area contributed by atoms with Crippen molar-refractivity contribution in [2.75, 3.05) is 18.6 Å². The molecular formula is C19H22N4O2S. The van der Waals surface area contributed by atoms with Crippen molar-refractivity contribution < 1.29 is 4.74 Å². The van der Waals surface area contributed by atoms with Gasteiger partial charge in [-0.15, -0.1) is 11.3 Å². The molecule has 0 atom stereocenters. The Morgan fingerprint density at radius 3 is 2.92 bits per heavy atom. The molecule has 6 nitrogen and oxygen atoms in total. The van der Waals surface area contributed by atoms with Crippen molar-refractivity contribution in [3.05, 3.63) is 57.0 Å². The van der Waals surface area contributed by atoms with E-state index < -0.39 is 0 Å². The Balaban J connectivity index is 1.93. The first-order valence-corrected chi connectivity index (χ1v) is 9.50. The summed E-state index contributed by atoms with van der Waals surface area (Å²) in [7, 11) is 0. The highest BCUT2D eigenvalue weighted by atomic mass is 32.1. The van der Waals surface area contributed by atoms with E-state index in [-0.39, 0.29) is 5.56 Å². The fourth-order valence-electron chi connectivity index (χ4n) is 2.60. The van der Waals surface area contributed by atoms with Crippen LogP contribution < -0.4 is 11.0 Å². The van der Waals surface area contributed by atoms with E-state index in [1.165, 1.54) is 0 Å². The Hall–Kier alpha value is -2.51. The Labute approximate surface area is 156 Å². The van der Waals surface area contributed by atoms with E-state index in [1.54, 1.807) is 22.0 Å². The van der Waals surface area contributed by atoms with Crippen LogP contribution >= 0.6 is 11.3 Å². The molecule has 0 saturated heterocycles. The molecule has 0 spiro atoms. The first-order valence-electron chi connectivity index (χ1n) is 8.62. The van der Waals surface area contributed by atoms with Crippen LogP contribution in [0.25, 0.3) is 10.9 Å². The highest BCUT2D eigenvalue weighted by Gasteiger charge is 2.10. The third kappa shape index (κ3) is 4.17. The predicted molar refractivity (Wildman–Crippen MR) is 107 cm³/mol. The molecule has 0 amide bonds. The van der Waals surface area contributed by atoms with E-state index in [0.29, 0.717) is 36.6 Å². The van der Waals surface area contributed by atoms with Crippen LogP contribution in [0.3, 0.4) is 0 Å². The van der Waals surface area contributed by atoms with E-state index in [1.807, 2.05) is 49.6 Å². The van der Waals surface area contributed by atoms with E-state index in [2.05, 4.69) is 15.5 Å². The average molecular weight is 370 g/mol.